The number of nitrogens with zero attached hydrogens (tertiary/aromatic N) is 1. The van der Waals surface area contributed by atoms with Gasteiger partial charge in [-0.2, -0.15) is 0 Å². The van der Waals surface area contributed by atoms with E-state index in [4.69, 9.17) is 19.0 Å². The number of methoxy groups -OCH3 is 1. The van der Waals surface area contributed by atoms with Crippen molar-refractivity contribution in [3.63, 3.8) is 0 Å². The molecule has 2 saturated heterocycles. The minimum atomic E-state index is -0.300. The normalized spacial score (nSPS) is 28.0. The Labute approximate surface area is 189 Å². The molecule has 0 saturated carbocycles. The molecule has 7 heteroatoms. The number of likely N-dealkylation sites (tertiary alicyclic amines) is 1. The van der Waals surface area contributed by atoms with Gasteiger partial charge in [0.1, 0.15) is 18.1 Å². The van der Waals surface area contributed by atoms with Crippen LogP contribution < -0.4 is 0 Å². The van der Waals surface area contributed by atoms with E-state index in [-0.39, 0.29) is 42.3 Å². The average Bonchev–Trinajstić information content (AvgIpc) is 3.47. The highest BCUT2D eigenvalue weighted by atomic mass is 16.5. The van der Waals surface area contributed by atoms with Gasteiger partial charge in [-0.25, -0.2) is 0 Å². The van der Waals surface area contributed by atoms with Crippen molar-refractivity contribution in [2.75, 3.05) is 26.9 Å². The molecular formula is C25H33NO6. The Kier molecular flexibility index (Phi) is 6.98. The number of furan rings is 1. The topological polar surface area (TPSA) is 89.2 Å². The molecule has 0 bridgehead atoms. The first-order valence-corrected chi connectivity index (χ1v) is 11.5. The van der Waals surface area contributed by atoms with Crippen LogP contribution in [0.2, 0.25) is 0 Å². The van der Waals surface area contributed by atoms with E-state index >= 15 is 0 Å². The van der Waals surface area contributed by atoms with Crippen LogP contribution in [-0.2, 0) is 25.7 Å². The largest absolute Gasteiger partial charge is 0.459 e. The van der Waals surface area contributed by atoms with Gasteiger partial charge in [-0.15, -0.1) is 0 Å². The molecule has 0 radical (unpaired) electrons. The Morgan fingerprint density at radius 2 is 2.09 bits per heavy atom. The third kappa shape index (κ3) is 4.21. The molecule has 2 amide bonds. The van der Waals surface area contributed by atoms with Gasteiger partial charge in [-0.3, -0.25) is 14.5 Å². The summed E-state index contributed by atoms with van der Waals surface area (Å²) in [6.07, 6.45) is 4.89. The highest BCUT2D eigenvalue weighted by Gasteiger charge is 2.56. The third-order valence-corrected chi connectivity index (χ3v) is 6.89. The Bertz CT molecular complexity index is 929. The number of fused-ring (bicyclic) bond motifs is 3. The van der Waals surface area contributed by atoms with Gasteiger partial charge in [0.15, 0.2) is 0 Å². The zero-order valence-electron chi connectivity index (χ0n) is 19.1. The predicted octanol–water partition coefficient (Wildman–Crippen LogP) is 3.33. The first kappa shape index (κ1) is 23.0. The zero-order valence-corrected chi connectivity index (χ0v) is 19.1. The van der Waals surface area contributed by atoms with Gasteiger partial charge in [-0.05, 0) is 62.0 Å². The van der Waals surface area contributed by atoms with Crippen LogP contribution in [-0.4, -0.2) is 54.8 Å². The van der Waals surface area contributed by atoms with Gasteiger partial charge in [0, 0.05) is 19.6 Å². The SMILES string of the molecule is CCCN1C(=O)[C@@H]2[C@@H](CC(COC)=C3[C@@H](CC/C(C)=C/c4ccc(CO)o4)OC[C@@H]32)C1=O. The van der Waals surface area contributed by atoms with E-state index in [1.54, 1.807) is 13.2 Å². The average molecular weight is 444 g/mol. The maximum Gasteiger partial charge on any atom is 0.233 e. The highest BCUT2D eigenvalue weighted by molar-refractivity contribution is 6.05. The fourth-order valence-corrected chi connectivity index (χ4v) is 5.52. The summed E-state index contributed by atoms with van der Waals surface area (Å²) in [5.41, 5.74) is 3.46. The van der Waals surface area contributed by atoms with Gasteiger partial charge < -0.3 is 19.0 Å². The lowest BCUT2D eigenvalue weighted by Gasteiger charge is -2.31. The summed E-state index contributed by atoms with van der Waals surface area (Å²) in [5, 5.41) is 9.16. The second kappa shape index (κ2) is 9.73. The van der Waals surface area contributed by atoms with Gasteiger partial charge in [0.05, 0.1) is 31.2 Å². The highest BCUT2D eigenvalue weighted by Crippen LogP contribution is 2.49. The molecule has 7 nitrogen and oxygen atoms in total. The summed E-state index contributed by atoms with van der Waals surface area (Å²) in [4.78, 5) is 27.5. The van der Waals surface area contributed by atoms with Crippen molar-refractivity contribution in [3.05, 3.63) is 40.4 Å². The van der Waals surface area contributed by atoms with Crippen LogP contribution in [0.15, 0.2) is 33.3 Å². The van der Waals surface area contributed by atoms with Crippen molar-refractivity contribution >= 4 is 17.9 Å². The molecule has 2 fully saturated rings. The number of rotatable bonds is 9. The first-order chi connectivity index (χ1) is 15.5. The maximum absolute atomic E-state index is 13.1. The van der Waals surface area contributed by atoms with Crippen LogP contribution >= 0.6 is 0 Å². The summed E-state index contributed by atoms with van der Waals surface area (Å²) >= 11 is 0. The van der Waals surface area contributed by atoms with Crippen molar-refractivity contribution in [2.45, 2.75) is 52.2 Å². The van der Waals surface area contributed by atoms with Gasteiger partial charge in [0.2, 0.25) is 11.8 Å². The monoisotopic (exact) mass is 443 g/mol. The van der Waals surface area contributed by atoms with E-state index in [0.717, 1.165) is 36.2 Å². The molecule has 3 heterocycles. The van der Waals surface area contributed by atoms with E-state index in [0.29, 0.717) is 31.9 Å². The molecule has 0 aromatic carbocycles. The Hall–Kier alpha value is -2.22. The molecular weight excluding hydrogens is 410 g/mol. The van der Waals surface area contributed by atoms with Gasteiger partial charge in [-0.1, -0.05) is 12.5 Å². The van der Waals surface area contributed by atoms with E-state index < -0.39 is 0 Å². The minimum absolute atomic E-state index is 0.0290. The summed E-state index contributed by atoms with van der Waals surface area (Å²) in [5.74, 6) is 0.593. The lowest BCUT2D eigenvalue weighted by Crippen LogP contribution is -2.35. The molecule has 174 valence electrons. The van der Waals surface area contributed by atoms with Gasteiger partial charge in [0.25, 0.3) is 0 Å². The number of aliphatic hydroxyl groups is 1. The molecule has 3 aliphatic rings. The molecule has 0 spiro atoms. The van der Waals surface area contributed by atoms with Crippen LogP contribution in [0, 0.1) is 17.8 Å². The summed E-state index contributed by atoms with van der Waals surface area (Å²) < 4.78 is 17.2. The van der Waals surface area contributed by atoms with Crippen molar-refractivity contribution in [2.24, 2.45) is 17.8 Å². The molecule has 2 aliphatic heterocycles. The van der Waals surface area contributed by atoms with Crippen LogP contribution in [0.1, 0.15) is 51.1 Å². The van der Waals surface area contributed by atoms with Crippen molar-refractivity contribution in [1.82, 2.24) is 4.90 Å². The second-order valence-corrected chi connectivity index (χ2v) is 9.08. The van der Waals surface area contributed by atoms with Crippen LogP contribution in [0.5, 0.6) is 0 Å². The van der Waals surface area contributed by atoms with Crippen molar-refractivity contribution in [1.29, 1.82) is 0 Å². The second-order valence-electron chi connectivity index (χ2n) is 9.08. The predicted molar refractivity (Wildman–Crippen MR) is 118 cm³/mol. The van der Waals surface area contributed by atoms with E-state index in [1.807, 2.05) is 19.1 Å². The molecule has 1 N–H and O–H groups in total. The number of aliphatic hydroxyl groups excluding tert-OH is 1. The molecule has 1 aliphatic carbocycles. The summed E-state index contributed by atoms with van der Waals surface area (Å²) in [6.45, 7) is 5.37. The van der Waals surface area contributed by atoms with Crippen LogP contribution in [0.25, 0.3) is 6.08 Å². The Morgan fingerprint density at radius 3 is 2.78 bits per heavy atom. The van der Waals surface area contributed by atoms with Crippen molar-refractivity contribution in [3.8, 4) is 0 Å². The lowest BCUT2D eigenvalue weighted by atomic mass is 9.69. The fraction of sp³-hybridized carbons (Fsp3) is 0.600. The number of allylic oxidation sites excluding steroid dienone is 1. The molecule has 0 unspecified atom stereocenters. The Morgan fingerprint density at radius 1 is 1.28 bits per heavy atom. The standard InChI is InChI=1S/C25H33NO6/c1-4-9-26-24(28)19-11-16(13-30-3)22-20(23(19)25(26)29)14-31-21(22)8-5-15(2)10-17-6-7-18(12-27)32-17/h6-7,10,19-21,23,27H,4-5,8-9,11-14H2,1-3H3/b15-10+/t19-,20+,21-,23-/m1/s1. The summed E-state index contributed by atoms with van der Waals surface area (Å²) in [6, 6.07) is 3.62. The molecule has 1 aromatic rings. The number of carbonyl (C=O) groups is 2. The van der Waals surface area contributed by atoms with E-state index in [1.165, 1.54) is 10.5 Å². The first-order valence-electron chi connectivity index (χ1n) is 11.5. The third-order valence-electron chi connectivity index (χ3n) is 6.89. The molecule has 4 rings (SSSR count). The zero-order chi connectivity index (χ0) is 22.8. The quantitative estimate of drug-likeness (QED) is 0.465. The minimum Gasteiger partial charge on any atom is -0.459 e. The maximum atomic E-state index is 13.1. The van der Waals surface area contributed by atoms with E-state index in [2.05, 4.69) is 6.92 Å². The molecule has 32 heavy (non-hydrogen) atoms. The number of hydrogen-bond donors (Lipinski definition) is 1. The lowest BCUT2D eigenvalue weighted by molar-refractivity contribution is -0.140. The van der Waals surface area contributed by atoms with Crippen molar-refractivity contribution < 1.29 is 28.6 Å². The summed E-state index contributed by atoms with van der Waals surface area (Å²) in [7, 11) is 1.67. The number of amides is 2. The Balaban J connectivity index is 1.51. The smallest absolute Gasteiger partial charge is 0.233 e. The fourth-order valence-electron chi connectivity index (χ4n) is 5.52. The van der Waals surface area contributed by atoms with Gasteiger partial charge >= 0.3 is 0 Å². The number of carbonyl (C=O) groups excluding carboxylic acids is 2. The number of ether oxygens (including phenoxy) is 2. The number of hydrogen-bond acceptors (Lipinski definition) is 6. The van der Waals surface area contributed by atoms with E-state index in [9.17, 15) is 9.59 Å². The number of imide groups is 1. The molecule has 1 aromatic heterocycles. The van der Waals surface area contributed by atoms with Crippen LogP contribution in [0.3, 0.4) is 0 Å². The molecule has 4 atom stereocenters. The van der Waals surface area contributed by atoms with Crippen LogP contribution in [0.4, 0.5) is 0 Å².